The number of carboxylic acid groups (broad SMARTS) is 1. The van der Waals surface area contributed by atoms with Crippen molar-refractivity contribution in [2.75, 3.05) is 100 Å². The van der Waals surface area contributed by atoms with Crippen LogP contribution in [0.1, 0.15) is 214 Å². The van der Waals surface area contributed by atoms with Crippen LogP contribution < -0.4 is 50.9 Å². The number of aldehydes is 2. The molecule has 3 heterocycles. The molecule has 3 saturated heterocycles. The molecule has 10 N–H and O–H groups in total. The molecular weight excluding hydrogens is 1870 g/mol. The van der Waals surface area contributed by atoms with Gasteiger partial charge < -0.3 is 86.0 Å². The number of ether oxygens (including phenoxy) is 6. The third-order valence-corrected chi connectivity index (χ3v) is 21.4. The molecule has 25 nitrogen and oxygen atoms in total. The van der Waals surface area contributed by atoms with Crippen molar-refractivity contribution in [3.63, 3.8) is 0 Å². The fraction of sp³-hybridized carbons (Fsp3) is 0.437. The predicted molar refractivity (Wildman–Crippen MR) is 587 cm³/mol. The summed E-state index contributed by atoms with van der Waals surface area (Å²) in [5.41, 5.74) is 25.8. The molecule has 147 heavy (non-hydrogen) atoms. The summed E-state index contributed by atoms with van der Waals surface area (Å²) in [6.07, 6.45) is 11.5. The van der Waals surface area contributed by atoms with Crippen LogP contribution in [-0.2, 0) is 64.9 Å². The second-order valence-electron chi connectivity index (χ2n) is 37.8. The van der Waals surface area contributed by atoms with Gasteiger partial charge >= 0.3 is 0 Å². The van der Waals surface area contributed by atoms with E-state index < -0.39 is 5.97 Å². The Balaban J connectivity index is 0.000000562. The summed E-state index contributed by atoms with van der Waals surface area (Å²) < 4.78 is 71.4. The number of hydrogen-bond acceptors (Lipinski definition) is 23. The molecule has 0 saturated carbocycles. The number of isocyanates is 1. The molecule has 10 aromatic rings. The minimum absolute atomic E-state index is 0.164. The summed E-state index contributed by atoms with van der Waals surface area (Å²) in [6.45, 7) is 44.5. The number of aliphatic imine (C=N–C) groups is 1. The number of carbonyl (C=O) groups is 5. The smallest absolute Gasteiger partial charge is 0.300 e. The fourth-order valence-corrected chi connectivity index (χ4v) is 13.0. The molecule has 0 radical (unpaired) electrons. The quantitative estimate of drug-likeness (QED) is 0.00638. The van der Waals surface area contributed by atoms with E-state index in [-0.39, 0.29) is 35.2 Å². The van der Waals surface area contributed by atoms with Gasteiger partial charge in [0.15, 0.2) is 0 Å². The number of nitrogens with zero attached hydrogens (tertiary/aromatic N) is 6. The first-order valence-corrected chi connectivity index (χ1v) is 50.8. The van der Waals surface area contributed by atoms with Crippen molar-refractivity contribution in [2.24, 2.45) is 62.9 Å². The summed E-state index contributed by atoms with van der Waals surface area (Å²) >= 11 is 0. The van der Waals surface area contributed by atoms with Crippen molar-refractivity contribution in [1.29, 1.82) is 0 Å². The number of halogens is 3. The van der Waals surface area contributed by atoms with Crippen molar-refractivity contribution in [1.82, 2.24) is 24.9 Å². The molecular formula is C119H167F3N10O15. The number of ketones is 1. The van der Waals surface area contributed by atoms with E-state index in [1.165, 1.54) is 86.8 Å². The van der Waals surface area contributed by atoms with Gasteiger partial charge in [-0.1, -0.05) is 187 Å². The number of aromatic hydroxyl groups is 1. The number of carbonyl (C=O) groups excluding carboxylic acids is 5. The Morgan fingerprint density at radius 1 is 0.429 bits per heavy atom. The standard InChI is InChI=1S/C26H35FN2O2.C13H19FN2.C12H15NO2.C11H15NO2.2C11H17NO.C11H14O2.C7H8FN.C7H6O2.C6H11NO.C2H4O2.C2H6/c1-20(2)19-31-25-11-6-21(7-12-25)8-13-26(30)29(24-14-16-28(3)17-15-24)18-22-4-9-23(27)10-5-22;1-16-8-6-13(7-9-16)15-10-11-2-4-12(14)5-3-11;1-10(2)8-15-12-5-3-11(4-6-12)7-13-9-14;1-9(2)8-14-11-5-3-10(4-6-11)7-12-13;3*1-9(2)8-13-11-5-3-10(7-12)4-6-11;8-7-3-1-6(5-9)2-4-7;8-5-6-1-3-7(9)4-2-6;1-7-4-2-6(8)3-5-7;1-2(3)4;1-2/h4-7,9-12,20,24H,8,13-19H2,1-3H3;2-5,13,15H,6-10H2,1H3;3-6,10H,7-8H2,1-2H3;3-7,9,13H,8H2,1-2H3;2*3-6,9H,7-8,12H2,1-2H3;3-7,9H,8H2,1-2H3;1-4H,5,9H2;1-5,9H;2-5H2,1H3;1H3,(H,3,4);1-2H3/b;;;12-7-;;;;;;;;. The van der Waals surface area contributed by atoms with Crippen molar-refractivity contribution < 1.29 is 85.8 Å². The molecule has 28 heteroatoms. The maximum absolute atomic E-state index is 13.3. The van der Waals surface area contributed by atoms with Crippen LogP contribution in [0.3, 0.4) is 0 Å². The molecule has 0 aromatic heterocycles. The van der Waals surface area contributed by atoms with E-state index in [2.05, 4.69) is 127 Å². The summed E-state index contributed by atoms with van der Waals surface area (Å²) in [7, 11) is 6.33. The highest BCUT2D eigenvalue weighted by Crippen LogP contribution is 2.25. The Kier molecular flexibility index (Phi) is 70.3. The minimum Gasteiger partial charge on any atom is -0.508 e. The van der Waals surface area contributed by atoms with E-state index in [0.717, 1.165) is 170 Å². The Hall–Kier alpha value is -12.9. The number of phenolic OH excluding ortho intramolecular Hbond substituents is 1. The Labute approximate surface area is 873 Å². The number of aliphatic carboxylic acids is 1. The van der Waals surface area contributed by atoms with E-state index in [1.807, 2.05) is 171 Å². The number of hydrogen-bond donors (Lipinski definition) is 7. The summed E-state index contributed by atoms with van der Waals surface area (Å²) in [4.78, 5) is 75.5. The number of rotatable bonds is 35. The van der Waals surface area contributed by atoms with Gasteiger partial charge in [-0.25, -0.2) is 23.0 Å². The lowest BCUT2D eigenvalue weighted by atomic mass is 10.0. The Morgan fingerprint density at radius 2 is 0.707 bits per heavy atom. The lowest BCUT2D eigenvalue weighted by Crippen LogP contribution is -2.46. The van der Waals surface area contributed by atoms with E-state index >= 15 is 0 Å². The molecule has 0 bridgehead atoms. The van der Waals surface area contributed by atoms with Crippen LogP contribution in [0.2, 0.25) is 0 Å². The summed E-state index contributed by atoms with van der Waals surface area (Å²) in [5, 5.41) is 30.9. The zero-order valence-electron chi connectivity index (χ0n) is 90.1. The molecule has 13 rings (SSSR count). The number of nitrogens with two attached hydrogens (primary N) is 3. The highest BCUT2D eigenvalue weighted by Gasteiger charge is 2.27. The molecule has 0 unspecified atom stereocenters. The van der Waals surface area contributed by atoms with Crippen molar-refractivity contribution in [2.45, 2.75) is 207 Å². The van der Waals surface area contributed by atoms with Crippen molar-refractivity contribution in [3.8, 4) is 40.2 Å². The molecule has 3 aliphatic heterocycles. The topological polar surface area (TPSA) is 346 Å². The molecule has 3 fully saturated rings. The van der Waals surface area contributed by atoms with Crippen LogP contribution >= 0.6 is 0 Å². The fourth-order valence-electron chi connectivity index (χ4n) is 13.0. The number of piperidine rings is 3. The molecule has 804 valence electrons. The number of phenols is 1. The first-order valence-electron chi connectivity index (χ1n) is 50.8. The minimum atomic E-state index is -0.833. The first kappa shape index (κ1) is 130. The highest BCUT2D eigenvalue weighted by molar-refractivity contribution is 5.80. The zero-order chi connectivity index (χ0) is 109. The number of benzene rings is 10. The van der Waals surface area contributed by atoms with Gasteiger partial charge in [0.1, 0.15) is 76.1 Å². The average molecular weight is 2030 g/mol. The van der Waals surface area contributed by atoms with Crippen molar-refractivity contribution in [3.05, 3.63) is 316 Å². The molecule has 0 aliphatic carbocycles. The zero-order valence-corrected chi connectivity index (χ0v) is 90.1. The lowest BCUT2D eigenvalue weighted by molar-refractivity contribution is -0.135. The molecule has 10 aromatic carbocycles. The van der Waals surface area contributed by atoms with Crippen LogP contribution in [-0.4, -0.2) is 190 Å². The Bertz CT molecular complexity index is 5070. The first-order chi connectivity index (χ1) is 70.4. The maximum atomic E-state index is 13.3. The van der Waals surface area contributed by atoms with E-state index in [4.69, 9.17) is 65.8 Å². The van der Waals surface area contributed by atoms with Gasteiger partial charge in [0, 0.05) is 95.2 Å². The maximum Gasteiger partial charge on any atom is 0.300 e. The Morgan fingerprint density at radius 3 is 1.01 bits per heavy atom. The molecule has 0 atom stereocenters. The number of aryl methyl sites for hydroxylation is 1. The van der Waals surface area contributed by atoms with Gasteiger partial charge in [-0.15, -0.1) is 0 Å². The number of oxime groups is 1. The number of carboxylic acids is 1. The van der Waals surface area contributed by atoms with E-state index in [9.17, 15) is 37.1 Å². The van der Waals surface area contributed by atoms with Crippen LogP contribution in [0.15, 0.2) is 253 Å². The number of Topliss-reactive ketones (excluding diaryl/α,β-unsaturated/α-hetero) is 1. The summed E-state index contributed by atoms with van der Waals surface area (Å²) in [6, 6.07) is 72.3. The van der Waals surface area contributed by atoms with Crippen LogP contribution in [0.25, 0.3) is 0 Å². The second-order valence-corrected chi connectivity index (χ2v) is 37.8. The lowest BCUT2D eigenvalue weighted by Gasteiger charge is -2.37. The van der Waals surface area contributed by atoms with Gasteiger partial charge in [-0.05, 0) is 317 Å². The van der Waals surface area contributed by atoms with Gasteiger partial charge in [-0.2, -0.15) is 0 Å². The number of likely N-dealkylation sites (tertiary alicyclic amines) is 3. The third kappa shape index (κ3) is 66.1. The monoisotopic (exact) mass is 2030 g/mol. The molecule has 1 amide bonds. The van der Waals surface area contributed by atoms with Crippen LogP contribution in [0, 0.1) is 53.0 Å². The van der Waals surface area contributed by atoms with Crippen LogP contribution in [0.5, 0.6) is 40.2 Å². The average Bonchev–Trinajstić information content (AvgIpc) is 0.837. The normalized spacial score (nSPS) is 12.7. The van der Waals surface area contributed by atoms with E-state index in [1.54, 1.807) is 48.5 Å². The molecule has 0 spiro atoms. The largest absolute Gasteiger partial charge is 0.508 e. The van der Waals surface area contributed by atoms with Gasteiger partial charge in [0.2, 0.25) is 12.0 Å². The number of nitrogens with one attached hydrogen (secondary N) is 1. The molecule has 3 aliphatic rings. The SMILES string of the molecule is CC.CC(=O)O.CC(C)COc1ccc(/C=N\O)cc1.CC(C)COc1ccc(C=O)cc1.CC(C)COc1ccc(CCC(=O)N(Cc2ccc(F)cc2)C2CCN(C)CC2)cc1.CC(C)COc1ccc(CN)cc1.CC(C)COc1ccc(CN)cc1.CC(C)COc1ccc(CN=C=O)cc1.CN1CCC(=O)CC1.CN1CCC(NCc2ccc(F)cc2)CC1.NCc1ccc(F)cc1.O=Cc1ccc(O)cc1. The van der Waals surface area contributed by atoms with E-state index in [0.29, 0.717) is 130 Å². The number of amides is 1. The van der Waals surface area contributed by atoms with Gasteiger partial charge in [0.05, 0.1) is 52.4 Å². The predicted octanol–water partition coefficient (Wildman–Crippen LogP) is 22.8. The summed E-state index contributed by atoms with van der Waals surface area (Å²) in [5.74, 6) is 7.70. The van der Waals surface area contributed by atoms with Crippen LogP contribution in [0.4, 0.5) is 13.2 Å². The second kappa shape index (κ2) is 79.3. The van der Waals surface area contributed by atoms with Gasteiger partial charge in [0.25, 0.3) is 5.97 Å². The highest BCUT2D eigenvalue weighted by atomic mass is 19.1. The van der Waals surface area contributed by atoms with Crippen molar-refractivity contribution >= 4 is 42.5 Å². The van der Waals surface area contributed by atoms with Gasteiger partial charge in [-0.3, -0.25) is 24.0 Å². The third-order valence-electron chi connectivity index (χ3n) is 21.4.